The summed E-state index contributed by atoms with van der Waals surface area (Å²) in [5.74, 6) is -0.127. The van der Waals surface area contributed by atoms with Crippen LogP contribution in [-0.4, -0.2) is 19.1 Å². The molecule has 1 aromatic carbocycles. The van der Waals surface area contributed by atoms with E-state index in [0.717, 1.165) is 6.42 Å². The van der Waals surface area contributed by atoms with Crippen molar-refractivity contribution in [3.05, 3.63) is 23.2 Å². The first-order valence-electron chi connectivity index (χ1n) is 5.10. The molecule has 0 bridgehead atoms. The van der Waals surface area contributed by atoms with Crippen LogP contribution in [0.3, 0.4) is 0 Å². The number of anilines is 2. The number of ether oxygens (including phenoxy) is 1. The Morgan fingerprint density at radius 2 is 2.38 bits per heavy atom. The molecule has 0 aromatic heterocycles. The predicted molar refractivity (Wildman–Crippen MR) is 63.4 cm³/mol. The van der Waals surface area contributed by atoms with Crippen molar-refractivity contribution in [1.82, 2.24) is 0 Å². The van der Waals surface area contributed by atoms with Crippen molar-refractivity contribution < 1.29 is 9.53 Å². The summed E-state index contributed by atoms with van der Waals surface area (Å²) in [6.07, 6.45) is 0.762. The molecule has 4 nitrogen and oxygen atoms in total. The lowest BCUT2D eigenvalue weighted by molar-refractivity contribution is -0.119. The topological polar surface area (TPSA) is 64.3 Å². The molecule has 1 amide bonds. The zero-order valence-corrected chi connectivity index (χ0v) is 9.46. The number of rotatable bonds is 2. The van der Waals surface area contributed by atoms with Crippen molar-refractivity contribution in [1.29, 1.82) is 0 Å². The summed E-state index contributed by atoms with van der Waals surface area (Å²) < 4.78 is 5.15. The van der Waals surface area contributed by atoms with Gasteiger partial charge in [-0.05, 0) is 24.6 Å². The lowest BCUT2D eigenvalue weighted by atomic mass is 10.1. The molecule has 0 aliphatic carbocycles. The first kappa shape index (κ1) is 11.2. The van der Waals surface area contributed by atoms with E-state index in [1.54, 1.807) is 18.2 Å². The minimum absolute atomic E-state index is 0.0517. The molecule has 1 heterocycles. The van der Waals surface area contributed by atoms with E-state index in [1.165, 1.54) is 0 Å². The second-order valence-electron chi connectivity index (χ2n) is 3.79. The molecule has 0 spiro atoms. The Labute approximate surface area is 98.7 Å². The average molecular weight is 241 g/mol. The molecular formula is C11H13ClN2O2. The number of nitrogen functional groups attached to an aromatic ring is 1. The van der Waals surface area contributed by atoms with Gasteiger partial charge in [-0.2, -0.15) is 0 Å². The number of carbonyl (C=O) groups is 1. The molecule has 1 aliphatic heterocycles. The zero-order valence-electron chi connectivity index (χ0n) is 8.70. The molecule has 3 N–H and O–H groups in total. The molecule has 0 saturated carbocycles. The lowest BCUT2D eigenvalue weighted by Crippen LogP contribution is -2.22. The minimum Gasteiger partial charge on any atom is -0.399 e. The summed E-state index contributed by atoms with van der Waals surface area (Å²) in [5, 5.41) is 3.22. The quantitative estimate of drug-likeness (QED) is 0.776. The molecule has 1 aliphatic rings. The van der Waals surface area contributed by atoms with E-state index in [9.17, 15) is 4.79 Å². The Bertz CT molecular complexity index is 403. The van der Waals surface area contributed by atoms with Gasteiger partial charge in [-0.15, -0.1) is 0 Å². The normalized spacial score (nSPS) is 19.7. The number of halogens is 1. The number of hydrogen-bond acceptors (Lipinski definition) is 3. The Hall–Kier alpha value is -1.26. The number of benzene rings is 1. The van der Waals surface area contributed by atoms with E-state index >= 15 is 0 Å². The van der Waals surface area contributed by atoms with Crippen LogP contribution >= 0.6 is 11.6 Å². The van der Waals surface area contributed by atoms with Gasteiger partial charge < -0.3 is 15.8 Å². The largest absolute Gasteiger partial charge is 0.399 e. The van der Waals surface area contributed by atoms with E-state index in [0.29, 0.717) is 29.6 Å². The van der Waals surface area contributed by atoms with Gasteiger partial charge in [-0.3, -0.25) is 4.79 Å². The highest BCUT2D eigenvalue weighted by atomic mass is 35.5. The molecule has 2 rings (SSSR count). The Morgan fingerprint density at radius 1 is 1.56 bits per heavy atom. The molecular weight excluding hydrogens is 228 g/mol. The van der Waals surface area contributed by atoms with Crippen molar-refractivity contribution in [2.45, 2.75) is 6.42 Å². The van der Waals surface area contributed by atoms with Crippen LogP contribution in [0.1, 0.15) is 6.42 Å². The van der Waals surface area contributed by atoms with Crippen LogP contribution < -0.4 is 11.1 Å². The fourth-order valence-electron chi connectivity index (χ4n) is 1.61. The van der Waals surface area contributed by atoms with Crippen molar-refractivity contribution >= 4 is 28.9 Å². The second kappa shape index (κ2) is 4.72. The highest BCUT2D eigenvalue weighted by Gasteiger charge is 2.23. The molecule has 1 unspecified atom stereocenters. The van der Waals surface area contributed by atoms with Crippen LogP contribution in [0.4, 0.5) is 11.4 Å². The third-order valence-electron chi connectivity index (χ3n) is 2.55. The van der Waals surface area contributed by atoms with Gasteiger partial charge >= 0.3 is 0 Å². The SMILES string of the molecule is Nc1ccc(NC(=O)C2CCOC2)c(Cl)c1. The first-order chi connectivity index (χ1) is 7.66. The first-order valence-corrected chi connectivity index (χ1v) is 5.48. The molecule has 86 valence electrons. The molecule has 1 atom stereocenters. The molecule has 1 saturated heterocycles. The standard InChI is InChI=1S/C11H13ClN2O2/c12-9-5-8(13)1-2-10(9)14-11(15)7-3-4-16-6-7/h1-2,5,7H,3-4,6,13H2,(H,14,15). The van der Waals surface area contributed by atoms with Gasteiger partial charge in [0, 0.05) is 12.3 Å². The summed E-state index contributed by atoms with van der Waals surface area (Å²) in [6.45, 7) is 1.13. The summed E-state index contributed by atoms with van der Waals surface area (Å²) >= 11 is 5.95. The maximum atomic E-state index is 11.8. The van der Waals surface area contributed by atoms with Crippen LogP contribution in [0, 0.1) is 5.92 Å². The Balaban J connectivity index is 2.05. The Kier molecular flexibility index (Phi) is 3.31. The fraction of sp³-hybridized carbons (Fsp3) is 0.364. The summed E-state index contributed by atoms with van der Waals surface area (Å²) in [6, 6.07) is 5.01. The van der Waals surface area contributed by atoms with Gasteiger partial charge in [0.15, 0.2) is 0 Å². The number of hydrogen-bond donors (Lipinski definition) is 2. The van der Waals surface area contributed by atoms with Crippen molar-refractivity contribution in [2.75, 3.05) is 24.3 Å². The van der Waals surface area contributed by atoms with Gasteiger partial charge in [0.2, 0.25) is 5.91 Å². The molecule has 1 aromatic rings. The molecule has 0 radical (unpaired) electrons. The number of nitrogens with two attached hydrogens (primary N) is 1. The highest BCUT2D eigenvalue weighted by Crippen LogP contribution is 2.25. The lowest BCUT2D eigenvalue weighted by Gasteiger charge is -2.10. The zero-order chi connectivity index (χ0) is 11.5. The van der Waals surface area contributed by atoms with Gasteiger partial charge in [-0.1, -0.05) is 11.6 Å². The van der Waals surface area contributed by atoms with E-state index in [2.05, 4.69) is 5.32 Å². The van der Waals surface area contributed by atoms with Gasteiger partial charge in [0.05, 0.1) is 23.2 Å². The van der Waals surface area contributed by atoms with Crippen molar-refractivity contribution in [2.24, 2.45) is 5.92 Å². The molecule has 16 heavy (non-hydrogen) atoms. The average Bonchev–Trinajstić information content (AvgIpc) is 2.75. The van der Waals surface area contributed by atoms with E-state index < -0.39 is 0 Å². The van der Waals surface area contributed by atoms with Crippen LogP contribution in [0.2, 0.25) is 5.02 Å². The number of carbonyl (C=O) groups excluding carboxylic acids is 1. The number of nitrogens with one attached hydrogen (secondary N) is 1. The monoisotopic (exact) mass is 240 g/mol. The van der Waals surface area contributed by atoms with E-state index in [-0.39, 0.29) is 11.8 Å². The van der Waals surface area contributed by atoms with Crippen LogP contribution in [0.25, 0.3) is 0 Å². The number of amides is 1. The molecule has 1 fully saturated rings. The smallest absolute Gasteiger partial charge is 0.229 e. The summed E-state index contributed by atoms with van der Waals surface area (Å²) in [4.78, 5) is 11.8. The van der Waals surface area contributed by atoms with Crippen LogP contribution in [0.5, 0.6) is 0 Å². The van der Waals surface area contributed by atoms with E-state index in [4.69, 9.17) is 22.1 Å². The third-order valence-corrected chi connectivity index (χ3v) is 2.86. The maximum Gasteiger partial charge on any atom is 0.229 e. The highest BCUT2D eigenvalue weighted by molar-refractivity contribution is 6.34. The predicted octanol–water partition coefficient (Wildman–Crippen LogP) is 1.90. The van der Waals surface area contributed by atoms with Crippen molar-refractivity contribution in [3.8, 4) is 0 Å². The van der Waals surface area contributed by atoms with Crippen LogP contribution in [0.15, 0.2) is 18.2 Å². The van der Waals surface area contributed by atoms with Crippen molar-refractivity contribution in [3.63, 3.8) is 0 Å². The summed E-state index contributed by atoms with van der Waals surface area (Å²) in [7, 11) is 0. The third kappa shape index (κ3) is 2.46. The van der Waals surface area contributed by atoms with Gasteiger partial charge in [0.25, 0.3) is 0 Å². The van der Waals surface area contributed by atoms with Crippen LogP contribution in [-0.2, 0) is 9.53 Å². The molecule has 5 heteroatoms. The fourth-order valence-corrected chi connectivity index (χ4v) is 1.85. The second-order valence-corrected chi connectivity index (χ2v) is 4.20. The Morgan fingerprint density at radius 3 is 3.00 bits per heavy atom. The summed E-state index contributed by atoms with van der Waals surface area (Å²) in [5.41, 5.74) is 6.73. The van der Waals surface area contributed by atoms with Gasteiger partial charge in [-0.25, -0.2) is 0 Å². The van der Waals surface area contributed by atoms with E-state index in [1.807, 2.05) is 0 Å². The van der Waals surface area contributed by atoms with Gasteiger partial charge in [0.1, 0.15) is 0 Å². The maximum absolute atomic E-state index is 11.8. The minimum atomic E-state index is -0.0754.